The van der Waals surface area contributed by atoms with E-state index >= 15 is 0 Å². The molecule has 9 nitrogen and oxygen atoms in total. The number of thiazole rings is 1. The second kappa shape index (κ2) is 7.81. The van der Waals surface area contributed by atoms with Crippen LogP contribution >= 0.6 is 11.3 Å². The molecule has 5 rings (SSSR count). The number of rotatable bonds is 5. The average Bonchev–Trinajstić information content (AvgIpc) is 3.55. The standard InChI is InChI=1S/C21H14N8OS/c22-5-13-3-15(7-23-6-13)14-1-2-18-19(4-14)27-28-20(18)21(30)26-16-8-25-29(9-16)10-17-11-31-12-24-17/h1-4,6-9,11-12H,10H2,(H,26,30)(H,27,28). The minimum Gasteiger partial charge on any atom is -0.318 e. The van der Waals surface area contributed by atoms with Gasteiger partial charge in [-0.05, 0) is 23.8 Å². The molecule has 10 heteroatoms. The number of nitriles is 1. The monoisotopic (exact) mass is 426 g/mol. The van der Waals surface area contributed by atoms with Crippen LogP contribution in [-0.2, 0) is 6.54 Å². The van der Waals surface area contributed by atoms with Gasteiger partial charge in [0.25, 0.3) is 5.91 Å². The van der Waals surface area contributed by atoms with E-state index in [-0.39, 0.29) is 11.6 Å². The summed E-state index contributed by atoms with van der Waals surface area (Å²) in [6.07, 6.45) is 6.54. The highest BCUT2D eigenvalue weighted by Crippen LogP contribution is 2.25. The van der Waals surface area contributed by atoms with Crippen molar-refractivity contribution >= 4 is 33.8 Å². The van der Waals surface area contributed by atoms with E-state index < -0.39 is 0 Å². The molecule has 0 unspecified atom stereocenters. The molecule has 150 valence electrons. The third-order valence-corrected chi connectivity index (χ3v) is 5.31. The van der Waals surface area contributed by atoms with Crippen molar-refractivity contribution in [3.8, 4) is 17.2 Å². The Labute approximate surface area is 180 Å². The molecule has 0 aliphatic rings. The summed E-state index contributed by atoms with van der Waals surface area (Å²) < 4.78 is 1.71. The molecule has 0 aliphatic heterocycles. The van der Waals surface area contributed by atoms with Crippen molar-refractivity contribution in [2.45, 2.75) is 6.54 Å². The minimum atomic E-state index is -0.333. The molecule has 0 atom stereocenters. The lowest BCUT2D eigenvalue weighted by Gasteiger charge is -2.03. The molecule has 0 bridgehead atoms. The molecule has 0 saturated heterocycles. The van der Waals surface area contributed by atoms with Crippen LogP contribution in [0.25, 0.3) is 22.0 Å². The summed E-state index contributed by atoms with van der Waals surface area (Å²) >= 11 is 1.53. The highest BCUT2D eigenvalue weighted by Gasteiger charge is 2.16. The van der Waals surface area contributed by atoms with Gasteiger partial charge in [0.2, 0.25) is 0 Å². The van der Waals surface area contributed by atoms with Crippen molar-refractivity contribution in [3.63, 3.8) is 0 Å². The van der Waals surface area contributed by atoms with Gasteiger partial charge < -0.3 is 5.32 Å². The number of nitrogens with one attached hydrogen (secondary N) is 2. The topological polar surface area (TPSA) is 125 Å². The van der Waals surface area contributed by atoms with Crippen molar-refractivity contribution in [2.75, 3.05) is 5.32 Å². The van der Waals surface area contributed by atoms with Crippen molar-refractivity contribution in [2.24, 2.45) is 0 Å². The fourth-order valence-corrected chi connectivity index (χ4v) is 3.77. The summed E-state index contributed by atoms with van der Waals surface area (Å²) in [6.45, 7) is 0.537. The lowest BCUT2D eigenvalue weighted by Crippen LogP contribution is -2.12. The van der Waals surface area contributed by atoms with Crippen LogP contribution in [0.1, 0.15) is 21.7 Å². The molecule has 0 radical (unpaired) electrons. The first-order chi connectivity index (χ1) is 15.2. The van der Waals surface area contributed by atoms with Crippen molar-refractivity contribution in [1.82, 2.24) is 29.9 Å². The second-order valence-electron chi connectivity index (χ2n) is 6.77. The Hall–Kier alpha value is -4.36. The zero-order valence-corrected chi connectivity index (χ0v) is 16.8. The van der Waals surface area contributed by atoms with Gasteiger partial charge in [-0.1, -0.05) is 6.07 Å². The number of amides is 1. The van der Waals surface area contributed by atoms with Gasteiger partial charge in [0.15, 0.2) is 5.69 Å². The number of fused-ring (bicyclic) bond motifs is 1. The Morgan fingerprint density at radius 1 is 1.23 bits per heavy atom. The van der Waals surface area contributed by atoms with Gasteiger partial charge in [-0.3, -0.25) is 19.6 Å². The predicted octanol–water partition coefficient (Wildman–Crippen LogP) is 3.45. The van der Waals surface area contributed by atoms with Gasteiger partial charge >= 0.3 is 0 Å². The van der Waals surface area contributed by atoms with Crippen molar-refractivity contribution in [3.05, 3.63) is 76.9 Å². The Morgan fingerprint density at radius 2 is 2.16 bits per heavy atom. The fourth-order valence-electron chi connectivity index (χ4n) is 3.22. The average molecular weight is 426 g/mol. The summed E-state index contributed by atoms with van der Waals surface area (Å²) in [5, 5.41) is 25.9. The van der Waals surface area contributed by atoms with Crippen LogP contribution in [0.15, 0.2) is 59.9 Å². The Bertz CT molecular complexity index is 1430. The van der Waals surface area contributed by atoms with Crippen LogP contribution in [0.5, 0.6) is 0 Å². The molecule has 0 fully saturated rings. The van der Waals surface area contributed by atoms with Crippen molar-refractivity contribution in [1.29, 1.82) is 5.26 Å². The van der Waals surface area contributed by atoms with Crippen molar-refractivity contribution < 1.29 is 4.79 Å². The molecule has 4 heterocycles. The molecular formula is C21H14N8OS. The lowest BCUT2D eigenvalue weighted by atomic mass is 10.0. The summed E-state index contributed by atoms with van der Waals surface area (Å²) in [6, 6.07) is 9.43. The Balaban J connectivity index is 1.36. The molecule has 0 saturated carbocycles. The zero-order valence-electron chi connectivity index (χ0n) is 16.0. The second-order valence-corrected chi connectivity index (χ2v) is 7.49. The predicted molar refractivity (Wildman–Crippen MR) is 115 cm³/mol. The first kappa shape index (κ1) is 18.7. The number of hydrogen-bond acceptors (Lipinski definition) is 7. The number of hydrogen-bond donors (Lipinski definition) is 2. The van der Waals surface area contributed by atoms with E-state index in [0.717, 1.165) is 16.8 Å². The molecule has 1 aromatic carbocycles. The number of pyridine rings is 1. The van der Waals surface area contributed by atoms with Gasteiger partial charge in [-0.25, -0.2) is 4.98 Å². The van der Waals surface area contributed by atoms with Gasteiger partial charge in [0, 0.05) is 34.9 Å². The van der Waals surface area contributed by atoms with Crippen LogP contribution in [0, 0.1) is 11.3 Å². The smallest absolute Gasteiger partial charge is 0.276 e. The van der Waals surface area contributed by atoms with Crippen LogP contribution in [0.2, 0.25) is 0 Å². The van der Waals surface area contributed by atoms with Crippen LogP contribution < -0.4 is 5.32 Å². The number of anilines is 1. The van der Waals surface area contributed by atoms with E-state index in [4.69, 9.17) is 5.26 Å². The normalized spacial score (nSPS) is 10.8. The summed E-state index contributed by atoms with van der Waals surface area (Å²) in [5.41, 5.74) is 6.43. The van der Waals surface area contributed by atoms with Gasteiger partial charge in [-0.2, -0.15) is 15.5 Å². The number of aromatic nitrogens is 6. The van der Waals surface area contributed by atoms with Crippen LogP contribution in [0.4, 0.5) is 5.69 Å². The molecular weight excluding hydrogens is 412 g/mol. The summed E-state index contributed by atoms with van der Waals surface area (Å²) in [5.74, 6) is -0.333. The van der Waals surface area contributed by atoms with Crippen LogP contribution in [-0.4, -0.2) is 35.9 Å². The highest BCUT2D eigenvalue weighted by atomic mass is 32.1. The maximum absolute atomic E-state index is 12.8. The Morgan fingerprint density at radius 3 is 3.00 bits per heavy atom. The van der Waals surface area contributed by atoms with E-state index in [0.29, 0.717) is 28.7 Å². The first-order valence-corrected chi connectivity index (χ1v) is 10.2. The molecule has 1 amide bonds. The molecule has 2 N–H and O–H groups in total. The van der Waals surface area contributed by atoms with E-state index in [1.165, 1.54) is 17.5 Å². The largest absolute Gasteiger partial charge is 0.318 e. The molecule has 31 heavy (non-hydrogen) atoms. The van der Waals surface area contributed by atoms with E-state index in [2.05, 4.69) is 36.7 Å². The molecule has 0 aliphatic carbocycles. The first-order valence-electron chi connectivity index (χ1n) is 9.24. The third-order valence-electron chi connectivity index (χ3n) is 4.68. The summed E-state index contributed by atoms with van der Waals surface area (Å²) in [7, 11) is 0. The van der Waals surface area contributed by atoms with E-state index in [1.807, 2.05) is 23.6 Å². The fraction of sp³-hybridized carbons (Fsp3) is 0.0476. The number of carbonyl (C=O) groups is 1. The highest BCUT2D eigenvalue weighted by molar-refractivity contribution is 7.07. The lowest BCUT2D eigenvalue weighted by molar-refractivity contribution is 0.102. The Kier molecular flexibility index (Phi) is 4.70. The number of aromatic amines is 1. The number of benzene rings is 1. The van der Waals surface area contributed by atoms with Gasteiger partial charge in [0.05, 0.1) is 40.7 Å². The number of nitrogens with zero attached hydrogens (tertiary/aromatic N) is 6. The van der Waals surface area contributed by atoms with E-state index in [1.54, 1.807) is 34.8 Å². The summed E-state index contributed by atoms with van der Waals surface area (Å²) in [4.78, 5) is 21.1. The zero-order chi connectivity index (χ0) is 21.2. The quantitative estimate of drug-likeness (QED) is 0.443. The van der Waals surface area contributed by atoms with E-state index in [9.17, 15) is 4.79 Å². The SMILES string of the molecule is N#Cc1cncc(-c2ccc3c(C(=O)Nc4cnn(Cc5cscn5)c4)n[nH]c3c2)c1. The molecule has 5 aromatic rings. The number of carbonyl (C=O) groups excluding carboxylic acids is 1. The van der Waals surface area contributed by atoms with Crippen LogP contribution in [0.3, 0.4) is 0 Å². The maximum Gasteiger partial charge on any atom is 0.276 e. The molecule has 0 spiro atoms. The van der Waals surface area contributed by atoms with Gasteiger partial charge in [0.1, 0.15) is 6.07 Å². The van der Waals surface area contributed by atoms with Gasteiger partial charge in [-0.15, -0.1) is 11.3 Å². The maximum atomic E-state index is 12.8. The number of H-pyrrole nitrogens is 1. The third kappa shape index (κ3) is 3.77. The minimum absolute atomic E-state index is 0.290. The molecule has 4 aromatic heterocycles.